The van der Waals surface area contributed by atoms with Crippen molar-refractivity contribution in [2.24, 2.45) is 11.3 Å². The molecule has 0 bridgehead atoms. The van der Waals surface area contributed by atoms with Gasteiger partial charge in [-0.25, -0.2) is 0 Å². The average Bonchev–Trinajstić information content (AvgIpc) is 2.86. The molecule has 1 saturated heterocycles. The van der Waals surface area contributed by atoms with Crippen LogP contribution in [0.4, 0.5) is 0 Å². The van der Waals surface area contributed by atoms with Crippen LogP contribution in [-0.4, -0.2) is 37.1 Å². The summed E-state index contributed by atoms with van der Waals surface area (Å²) in [6, 6.07) is 0.970. The Balaban J connectivity index is 1.60. The van der Waals surface area contributed by atoms with Crippen LogP contribution < -0.4 is 5.32 Å². The third kappa shape index (κ3) is 3.76. The monoisotopic (exact) mass is 210 g/mol. The highest BCUT2D eigenvalue weighted by atomic mass is 15.2. The molecule has 2 heteroatoms. The molecule has 1 aliphatic carbocycles. The van der Waals surface area contributed by atoms with Gasteiger partial charge in [0.25, 0.3) is 0 Å². The minimum Gasteiger partial charge on any atom is -0.316 e. The lowest BCUT2D eigenvalue weighted by molar-refractivity contribution is 0.305. The second-order valence-corrected chi connectivity index (χ2v) is 6.57. The van der Waals surface area contributed by atoms with Crippen molar-refractivity contribution in [1.29, 1.82) is 0 Å². The smallest absolute Gasteiger partial charge is 0.00965 e. The van der Waals surface area contributed by atoms with Gasteiger partial charge in [-0.1, -0.05) is 20.8 Å². The van der Waals surface area contributed by atoms with Crippen LogP contribution in [0.1, 0.15) is 40.0 Å². The second kappa shape index (κ2) is 4.42. The van der Waals surface area contributed by atoms with E-state index in [4.69, 9.17) is 0 Å². The molecule has 1 saturated carbocycles. The molecule has 88 valence electrons. The SMILES string of the molecule is CC(C)(C)CNCC1CCN(C2CC2)C1. The van der Waals surface area contributed by atoms with Gasteiger partial charge >= 0.3 is 0 Å². The van der Waals surface area contributed by atoms with Gasteiger partial charge in [0.1, 0.15) is 0 Å². The number of nitrogens with one attached hydrogen (secondary N) is 1. The van der Waals surface area contributed by atoms with E-state index in [0.29, 0.717) is 5.41 Å². The summed E-state index contributed by atoms with van der Waals surface area (Å²) in [6.45, 7) is 12.0. The van der Waals surface area contributed by atoms with Crippen LogP contribution in [0.5, 0.6) is 0 Å². The fraction of sp³-hybridized carbons (Fsp3) is 1.00. The molecule has 0 amide bonds. The van der Waals surface area contributed by atoms with Gasteiger partial charge in [0, 0.05) is 12.6 Å². The third-order valence-corrected chi connectivity index (χ3v) is 3.47. The van der Waals surface area contributed by atoms with Crippen LogP contribution in [-0.2, 0) is 0 Å². The van der Waals surface area contributed by atoms with E-state index >= 15 is 0 Å². The molecule has 1 heterocycles. The minimum absolute atomic E-state index is 0.425. The first-order valence-corrected chi connectivity index (χ1v) is 6.49. The topological polar surface area (TPSA) is 15.3 Å². The zero-order valence-corrected chi connectivity index (χ0v) is 10.6. The molecule has 0 aromatic carbocycles. The minimum atomic E-state index is 0.425. The summed E-state index contributed by atoms with van der Waals surface area (Å²) in [5.41, 5.74) is 0.425. The summed E-state index contributed by atoms with van der Waals surface area (Å²) in [7, 11) is 0. The summed E-state index contributed by atoms with van der Waals surface area (Å²) in [4.78, 5) is 2.70. The lowest BCUT2D eigenvalue weighted by atomic mass is 9.96. The molecule has 0 aromatic rings. The van der Waals surface area contributed by atoms with E-state index < -0.39 is 0 Å². The van der Waals surface area contributed by atoms with E-state index in [2.05, 4.69) is 31.0 Å². The van der Waals surface area contributed by atoms with Crippen molar-refractivity contribution in [2.45, 2.75) is 46.1 Å². The van der Waals surface area contributed by atoms with E-state index in [9.17, 15) is 0 Å². The third-order valence-electron chi connectivity index (χ3n) is 3.47. The Morgan fingerprint density at radius 2 is 1.93 bits per heavy atom. The van der Waals surface area contributed by atoms with Gasteiger partial charge in [0.2, 0.25) is 0 Å². The Morgan fingerprint density at radius 1 is 1.20 bits per heavy atom. The van der Waals surface area contributed by atoms with E-state index in [1.54, 1.807) is 0 Å². The fourth-order valence-electron chi connectivity index (χ4n) is 2.45. The zero-order chi connectivity index (χ0) is 10.9. The van der Waals surface area contributed by atoms with Crippen LogP contribution >= 0.6 is 0 Å². The van der Waals surface area contributed by atoms with Crippen LogP contribution in [0.15, 0.2) is 0 Å². The highest BCUT2D eigenvalue weighted by molar-refractivity contribution is 4.90. The Bertz CT molecular complexity index is 203. The van der Waals surface area contributed by atoms with Gasteiger partial charge in [-0.05, 0) is 50.2 Å². The summed E-state index contributed by atoms with van der Waals surface area (Å²) in [6.07, 6.45) is 4.33. The molecule has 1 atom stereocenters. The predicted molar refractivity (Wildman–Crippen MR) is 65.0 cm³/mol. The Morgan fingerprint density at radius 3 is 2.53 bits per heavy atom. The van der Waals surface area contributed by atoms with Crippen molar-refractivity contribution in [3.63, 3.8) is 0 Å². The normalized spacial score (nSPS) is 28.6. The summed E-state index contributed by atoms with van der Waals surface area (Å²) >= 11 is 0. The van der Waals surface area contributed by atoms with Gasteiger partial charge in [-0.3, -0.25) is 0 Å². The van der Waals surface area contributed by atoms with Crippen molar-refractivity contribution in [2.75, 3.05) is 26.2 Å². The average molecular weight is 210 g/mol. The number of hydrogen-bond acceptors (Lipinski definition) is 2. The first kappa shape index (κ1) is 11.4. The maximum absolute atomic E-state index is 3.62. The molecule has 15 heavy (non-hydrogen) atoms. The molecule has 2 aliphatic rings. The van der Waals surface area contributed by atoms with Crippen molar-refractivity contribution < 1.29 is 0 Å². The van der Waals surface area contributed by atoms with Gasteiger partial charge in [-0.15, -0.1) is 0 Å². The fourth-order valence-corrected chi connectivity index (χ4v) is 2.45. The number of rotatable bonds is 4. The van der Waals surface area contributed by atoms with Crippen LogP contribution in [0.25, 0.3) is 0 Å². The Labute approximate surface area is 94.4 Å². The molecule has 2 fully saturated rings. The molecule has 2 nitrogen and oxygen atoms in total. The standard InChI is InChI=1S/C13H26N2/c1-13(2,3)10-14-8-11-6-7-15(9-11)12-4-5-12/h11-12,14H,4-10H2,1-3H3. The summed E-state index contributed by atoms with van der Waals surface area (Å²) in [5, 5.41) is 3.62. The molecule has 1 aliphatic heterocycles. The highest BCUT2D eigenvalue weighted by Gasteiger charge is 2.34. The predicted octanol–water partition coefficient (Wildman–Crippen LogP) is 2.11. The van der Waals surface area contributed by atoms with Crippen molar-refractivity contribution in [1.82, 2.24) is 10.2 Å². The van der Waals surface area contributed by atoms with Crippen molar-refractivity contribution >= 4 is 0 Å². The van der Waals surface area contributed by atoms with Gasteiger partial charge in [0.05, 0.1) is 0 Å². The van der Waals surface area contributed by atoms with E-state index in [0.717, 1.165) is 18.5 Å². The second-order valence-electron chi connectivity index (χ2n) is 6.57. The molecule has 2 rings (SSSR count). The van der Waals surface area contributed by atoms with Gasteiger partial charge in [0.15, 0.2) is 0 Å². The molecule has 0 radical (unpaired) electrons. The van der Waals surface area contributed by atoms with Crippen molar-refractivity contribution in [3.8, 4) is 0 Å². The van der Waals surface area contributed by atoms with Gasteiger partial charge < -0.3 is 10.2 Å². The zero-order valence-electron chi connectivity index (χ0n) is 10.6. The largest absolute Gasteiger partial charge is 0.316 e. The van der Waals surface area contributed by atoms with E-state index in [1.807, 2.05) is 0 Å². The molecular weight excluding hydrogens is 184 g/mol. The number of nitrogens with zero attached hydrogens (tertiary/aromatic N) is 1. The molecule has 1 N–H and O–H groups in total. The highest BCUT2D eigenvalue weighted by Crippen LogP contribution is 2.31. The first-order valence-electron chi connectivity index (χ1n) is 6.49. The quantitative estimate of drug-likeness (QED) is 0.764. The number of hydrogen-bond donors (Lipinski definition) is 1. The number of likely N-dealkylation sites (tertiary alicyclic amines) is 1. The van der Waals surface area contributed by atoms with Crippen molar-refractivity contribution in [3.05, 3.63) is 0 Å². The molecule has 1 unspecified atom stereocenters. The molecule has 0 spiro atoms. The van der Waals surface area contributed by atoms with E-state index in [-0.39, 0.29) is 0 Å². The van der Waals surface area contributed by atoms with Crippen LogP contribution in [0.2, 0.25) is 0 Å². The maximum atomic E-state index is 3.62. The van der Waals surface area contributed by atoms with Crippen LogP contribution in [0.3, 0.4) is 0 Å². The van der Waals surface area contributed by atoms with E-state index in [1.165, 1.54) is 38.9 Å². The lowest BCUT2D eigenvalue weighted by Gasteiger charge is -2.21. The first-order chi connectivity index (χ1) is 7.04. The summed E-state index contributed by atoms with van der Waals surface area (Å²) < 4.78 is 0. The molecule has 0 aromatic heterocycles. The van der Waals surface area contributed by atoms with Gasteiger partial charge in [-0.2, -0.15) is 0 Å². The summed E-state index contributed by atoms with van der Waals surface area (Å²) in [5.74, 6) is 0.910. The lowest BCUT2D eigenvalue weighted by Crippen LogP contribution is -2.32. The maximum Gasteiger partial charge on any atom is 0.00965 e. The van der Waals surface area contributed by atoms with Crippen LogP contribution in [0, 0.1) is 11.3 Å². The molecular formula is C13H26N2. The Hall–Kier alpha value is -0.0800. The Kier molecular flexibility index (Phi) is 3.36.